The number of benzene rings is 2. The number of ether oxygens (including phenoxy) is 1. The fourth-order valence-corrected chi connectivity index (χ4v) is 4.09. The Morgan fingerprint density at radius 2 is 1.72 bits per heavy atom. The number of carbonyl (C=O) groups is 1. The molecule has 25 heavy (non-hydrogen) atoms. The summed E-state index contributed by atoms with van der Waals surface area (Å²) >= 11 is 0. The maximum absolute atomic E-state index is 12.2. The number of nitrogens with one attached hydrogen (secondary N) is 1. The van der Waals surface area contributed by atoms with Gasteiger partial charge in [-0.25, -0.2) is 8.42 Å². The van der Waals surface area contributed by atoms with Crippen LogP contribution < -0.4 is 5.32 Å². The van der Waals surface area contributed by atoms with Gasteiger partial charge in [-0.1, -0.05) is 42.5 Å². The highest BCUT2D eigenvalue weighted by Gasteiger charge is 2.20. The van der Waals surface area contributed by atoms with E-state index in [0.717, 1.165) is 6.42 Å². The lowest BCUT2D eigenvalue weighted by Gasteiger charge is -2.25. The first-order valence-electron chi connectivity index (χ1n) is 8.27. The van der Waals surface area contributed by atoms with Crippen LogP contribution in [0.25, 0.3) is 0 Å². The Labute approximate surface area is 147 Å². The minimum atomic E-state index is -3.43. The third-order valence-corrected chi connectivity index (χ3v) is 6.00. The van der Waals surface area contributed by atoms with Crippen LogP contribution in [0.15, 0.2) is 59.5 Å². The Balaban J connectivity index is 1.46. The smallest absolute Gasteiger partial charge is 0.221 e. The van der Waals surface area contributed by atoms with Crippen molar-refractivity contribution < 1.29 is 17.9 Å². The molecule has 0 bridgehead atoms. The molecule has 1 aliphatic rings. The van der Waals surface area contributed by atoms with E-state index in [2.05, 4.69) is 11.4 Å². The van der Waals surface area contributed by atoms with Crippen LogP contribution in [0, 0.1) is 0 Å². The van der Waals surface area contributed by atoms with Gasteiger partial charge in [0.05, 0.1) is 23.4 Å². The van der Waals surface area contributed by atoms with Gasteiger partial charge in [-0.3, -0.25) is 4.79 Å². The second-order valence-electron chi connectivity index (χ2n) is 6.09. The van der Waals surface area contributed by atoms with Crippen LogP contribution in [-0.4, -0.2) is 32.7 Å². The second kappa shape index (κ2) is 7.80. The van der Waals surface area contributed by atoms with E-state index in [1.807, 2.05) is 18.2 Å². The van der Waals surface area contributed by atoms with E-state index in [1.165, 1.54) is 11.1 Å². The maximum Gasteiger partial charge on any atom is 0.221 e. The summed E-state index contributed by atoms with van der Waals surface area (Å²) in [6.45, 7) is 0.928. The zero-order chi connectivity index (χ0) is 17.7. The van der Waals surface area contributed by atoms with Gasteiger partial charge in [-0.05, 0) is 23.3 Å². The van der Waals surface area contributed by atoms with Gasteiger partial charge < -0.3 is 10.1 Å². The first-order valence-corrected chi connectivity index (χ1v) is 9.93. The molecule has 1 aliphatic heterocycles. The molecule has 0 saturated heterocycles. The lowest BCUT2D eigenvalue weighted by atomic mass is 9.99. The molecule has 1 atom stereocenters. The van der Waals surface area contributed by atoms with Gasteiger partial charge in [0.15, 0.2) is 9.84 Å². The van der Waals surface area contributed by atoms with E-state index in [1.54, 1.807) is 30.3 Å². The van der Waals surface area contributed by atoms with Crippen molar-refractivity contribution in [2.45, 2.75) is 30.4 Å². The van der Waals surface area contributed by atoms with Crippen LogP contribution in [0.1, 0.15) is 17.5 Å². The topological polar surface area (TPSA) is 72.5 Å². The summed E-state index contributed by atoms with van der Waals surface area (Å²) in [4.78, 5) is 12.2. The van der Waals surface area contributed by atoms with Crippen molar-refractivity contribution in [3.8, 4) is 0 Å². The van der Waals surface area contributed by atoms with Crippen molar-refractivity contribution in [1.82, 2.24) is 5.32 Å². The van der Waals surface area contributed by atoms with Crippen LogP contribution in [0.2, 0.25) is 0 Å². The Hall–Kier alpha value is -2.18. The van der Waals surface area contributed by atoms with Crippen LogP contribution in [0.3, 0.4) is 0 Å². The summed E-state index contributed by atoms with van der Waals surface area (Å²) in [5, 5.41) is 2.78. The van der Waals surface area contributed by atoms with Crippen molar-refractivity contribution >= 4 is 15.7 Å². The second-order valence-corrected chi connectivity index (χ2v) is 8.20. The average Bonchev–Trinajstić information content (AvgIpc) is 2.65. The van der Waals surface area contributed by atoms with E-state index < -0.39 is 9.84 Å². The number of rotatable bonds is 6. The number of fused-ring (bicyclic) bond motifs is 1. The highest BCUT2D eigenvalue weighted by molar-refractivity contribution is 7.91. The lowest BCUT2D eigenvalue weighted by molar-refractivity contribution is -0.121. The summed E-state index contributed by atoms with van der Waals surface area (Å²) in [7, 11) is -3.43. The van der Waals surface area contributed by atoms with Gasteiger partial charge in [0.1, 0.15) is 0 Å². The Morgan fingerprint density at radius 3 is 2.48 bits per heavy atom. The van der Waals surface area contributed by atoms with Crippen molar-refractivity contribution in [1.29, 1.82) is 0 Å². The summed E-state index contributed by atoms with van der Waals surface area (Å²) < 4.78 is 30.1. The van der Waals surface area contributed by atoms with Crippen molar-refractivity contribution in [3.05, 3.63) is 65.7 Å². The molecule has 5 nitrogen and oxygen atoms in total. The van der Waals surface area contributed by atoms with Gasteiger partial charge in [0.2, 0.25) is 5.91 Å². The molecule has 0 aliphatic carbocycles. The molecule has 2 aromatic carbocycles. The van der Waals surface area contributed by atoms with Crippen molar-refractivity contribution in [2.75, 3.05) is 12.3 Å². The van der Waals surface area contributed by atoms with E-state index in [0.29, 0.717) is 13.2 Å². The van der Waals surface area contributed by atoms with Crippen LogP contribution >= 0.6 is 0 Å². The highest BCUT2D eigenvalue weighted by atomic mass is 32.2. The summed E-state index contributed by atoms with van der Waals surface area (Å²) in [6, 6.07) is 16.3. The molecule has 132 valence electrons. The number of hydrogen-bond donors (Lipinski definition) is 1. The third kappa shape index (κ3) is 4.67. The standard InChI is InChI=1S/C19H21NO4S/c21-19(10-11-25(22,23)18-8-2-1-3-9-18)20-13-17-12-15-6-4-5-7-16(15)14-24-17/h1-9,17H,10-14H2,(H,20,21)/t17-/m1/s1. The van der Waals surface area contributed by atoms with Crippen LogP contribution in [0.5, 0.6) is 0 Å². The number of hydrogen-bond acceptors (Lipinski definition) is 4. The number of carbonyl (C=O) groups excluding carboxylic acids is 1. The SMILES string of the molecule is O=C(CCS(=O)(=O)c1ccccc1)NC[C@H]1Cc2ccccc2CO1. The van der Waals surface area contributed by atoms with Gasteiger partial charge in [-0.15, -0.1) is 0 Å². The number of amides is 1. The zero-order valence-electron chi connectivity index (χ0n) is 13.9. The van der Waals surface area contributed by atoms with E-state index in [4.69, 9.17) is 4.74 Å². The quantitative estimate of drug-likeness (QED) is 0.857. The molecule has 3 rings (SSSR count). The maximum atomic E-state index is 12.2. The summed E-state index contributed by atoms with van der Waals surface area (Å²) in [6.07, 6.45) is 0.615. The first kappa shape index (κ1) is 17.6. The molecule has 1 heterocycles. The molecule has 0 spiro atoms. The van der Waals surface area contributed by atoms with Crippen LogP contribution in [0.4, 0.5) is 0 Å². The molecule has 0 fully saturated rings. The first-order chi connectivity index (χ1) is 12.0. The fraction of sp³-hybridized carbons (Fsp3) is 0.316. The van der Waals surface area contributed by atoms with Gasteiger partial charge >= 0.3 is 0 Å². The third-order valence-electron chi connectivity index (χ3n) is 4.27. The zero-order valence-corrected chi connectivity index (χ0v) is 14.7. The van der Waals surface area contributed by atoms with E-state index >= 15 is 0 Å². The van der Waals surface area contributed by atoms with Crippen molar-refractivity contribution in [3.63, 3.8) is 0 Å². The van der Waals surface area contributed by atoms with E-state index in [-0.39, 0.29) is 29.1 Å². The highest BCUT2D eigenvalue weighted by Crippen LogP contribution is 2.19. The molecular formula is C19H21NO4S. The Morgan fingerprint density at radius 1 is 1.04 bits per heavy atom. The fourth-order valence-electron chi connectivity index (χ4n) is 2.83. The predicted octanol–water partition coefficient (Wildman–Crippen LogP) is 2.11. The molecular weight excluding hydrogens is 338 g/mol. The monoisotopic (exact) mass is 359 g/mol. The van der Waals surface area contributed by atoms with E-state index in [9.17, 15) is 13.2 Å². The Bertz CT molecular complexity index is 834. The largest absolute Gasteiger partial charge is 0.371 e. The molecule has 6 heteroatoms. The predicted molar refractivity (Wildman–Crippen MR) is 94.8 cm³/mol. The lowest BCUT2D eigenvalue weighted by Crippen LogP contribution is -2.37. The summed E-state index contributed by atoms with van der Waals surface area (Å²) in [5.74, 6) is -0.473. The summed E-state index contributed by atoms with van der Waals surface area (Å²) in [5.41, 5.74) is 2.42. The van der Waals surface area contributed by atoms with Gasteiger partial charge in [-0.2, -0.15) is 0 Å². The van der Waals surface area contributed by atoms with Crippen LogP contribution in [-0.2, 0) is 32.4 Å². The molecule has 0 unspecified atom stereocenters. The normalized spacial score (nSPS) is 16.9. The molecule has 2 aromatic rings. The molecule has 1 N–H and O–H groups in total. The Kier molecular flexibility index (Phi) is 5.50. The minimum absolute atomic E-state index is 0.0550. The molecule has 0 aromatic heterocycles. The minimum Gasteiger partial charge on any atom is -0.371 e. The molecule has 0 saturated carbocycles. The van der Waals surface area contributed by atoms with Gasteiger partial charge in [0.25, 0.3) is 0 Å². The molecule has 1 amide bonds. The van der Waals surface area contributed by atoms with Crippen molar-refractivity contribution in [2.24, 2.45) is 0 Å². The number of sulfone groups is 1. The average molecular weight is 359 g/mol. The molecule has 0 radical (unpaired) electrons. The van der Waals surface area contributed by atoms with Gasteiger partial charge in [0, 0.05) is 19.4 Å².